The molecule has 4 N–H and O–H groups in total. The molecule has 35 heavy (non-hydrogen) atoms. The van der Waals surface area contributed by atoms with Gasteiger partial charge in [-0.3, -0.25) is 4.79 Å². The maximum atomic E-state index is 12.3. The van der Waals surface area contributed by atoms with Crippen LogP contribution in [0.3, 0.4) is 0 Å². The van der Waals surface area contributed by atoms with Gasteiger partial charge in [-0.15, -0.1) is 0 Å². The Bertz CT molecular complexity index is 1200. The van der Waals surface area contributed by atoms with Crippen molar-refractivity contribution < 1.29 is 33.3 Å². The van der Waals surface area contributed by atoms with Crippen molar-refractivity contribution in [3.63, 3.8) is 0 Å². The summed E-state index contributed by atoms with van der Waals surface area (Å²) in [7, 11) is -0.735. The number of aliphatic hydroxyl groups excluding tert-OH is 1. The number of amides is 1. The van der Waals surface area contributed by atoms with Crippen molar-refractivity contribution >= 4 is 21.8 Å². The number of rotatable bonds is 11. The van der Waals surface area contributed by atoms with Gasteiger partial charge in [0.05, 0.1) is 12.8 Å². The van der Waals surface area contributed by atoms with Crippen LogP contribution in [-0.4, -0.2) is 55.2 Å². The Balaban J connectivity index is 1.42. The quantitative estimate of drug-likeness (QED) is 0.343. The van der Waals surface area contributed by atoms with Gasteiger partial charge in [0.2, 0.25) is 5.88 Å². The van der Waals surface area contributed by atoms with Crippen molar-refractivity contribution in [3.05, 3.63) is 59.6 Å². The number of hydrogen-bond acceptors (Lipinski definition) is 7. The zero-order valence-corrected chi connectivity index (χ0v) is 20.6. The molecule has 1 aliphatic heterocycles. The van der Waals surface area contributed by atoms with E-state index in [1.807, 2.05) is 4.72 Å². The maximum absolute atomic E-state index is 12.3. The fourth-order valence-corrected chi connectivity index (χ4v) is 4.77. The zero-order chi connectivity index (χ0) is 25.6. The molecule has 0 aromatic heterocycles. The van der Waals surface area contributed by atoms with Crippen molar-refractivity contribution in [2.75, 3.05) is 25.0 Å². The van der Waals surface area contributed by atoms with Gasteiger partial charge >= 0.3 is 10.2 Å². The second-order valence-electron chi connectivity index (χ2n) is 8.46. The molecule has 0 aliphatic carbocycles. The minimum atomic E-state index is -3.97. The SMILES string of the molecule is CN(C)C(=O)c1c(O)cccc1OCCCCCCCc1ccc(O)c(N2C=C(O)NS2(=O)=O)c1. The number of aliphatic hydroxyl groups is 1. The van der Waals surface area contributed by atoms with E-state index >= 15 is 0 Å². The monoisotopic (exact) mass is 505 g/mol. The molecular weight excluding hydrogens is 474 g/mol. The van der Waals surface area contributed by atoms with Gasteiger partial charge in [-0.05, 0) is 49.1 Å². The first kappa shape index (κ1) is 26.0. The molecule has 2 aromatic carbocycles. The zero-order valence-electron chi connectivity index (χ0n) is 19.8. The summed E-state index contributed by atoms with van der Waals surface area (Å²) < 4.78 is 32.6. The minimum absolute atomic E-state index is 0.0789. The second kappa shape index (κ2) is 11.2. The molecule has 0 fully saturated rings. The van der Waals surface area contributed by atoms with Crippen LogP contribution >= 0.6 is 0 Å². The van der Waals surface area contributed by atoms with Gasteiger partial charge in [0.25, 0.3) is 5.91 Å². The molecule has 0 bridgehead atoms. The summed E-state index contributed by atoms with van der Waals surface area (Å²) in [5.41, 5.74) is 1.11. The highest BCUT2D eigenvalue weighted by molar-refractivity contribution is 7.91. The van der Waals surface area contributed by atoms with E-state index < -0.39 is 16.1 Å². The summed E-state index contributed by atoms with van der Waals surface area (Å²) >= 11 is 0. The normalized spacial score (nSPS) is 14.3. The Morgan fingerprint density at radius 3 is 2.40 bits per heavy atom. The standard InChI is InChI=1S/C24H31N3O7S/c1-26(2)24(31)23-20(29)10-8-11-21(23)34-14-7-5-3-4-6-9-17-12-13-19(28)18(15-17)27-16-22(30)25-35(27,32)33/h8,10-13,15-16,25,28-30H,3-7,9,14H2,1-2H3. The molecule has 3 rings (SSSR count). The number of unbranched alkanes of at least 4 members (excludes halogenated alkanes) is 4. The van der Waals surface area contributed by atoms with Gasteiger partial charge in [0.15, 0.2) is 0 Å². The maximum Gasteiger partial charge on any atom is 0.330 e. The number of phenols is 2. The van der Waals surface area contributed by atoms with E-state index in [1.165, 1.54) is 17.0 Å². The van der Waals surface area contributed by atoms with Crippen LogP contribution in [0.2, 0.25) is 0 Å². The van der Waals surface area contributed by atoms with E-state index in [2.05, 4.69) is 0 Å². The van der Waals surface area contributed by atoms with Crippen LogP contribution in [0.1, 0.15) is 48.0 Å². The average Bonchev–Trinajstić information content (AvgIpc) is 3.07. The number of nitrogens with one attached hydrogen (secondary N) is 1. The first-order valence-electron chi connectivity index (χ1n) is 11.3. The summed E-state index contributed by atoms with van der Waals surface area (Å²) in [5, 5.41) is 29.6. The third-order valence-electron chi connectivity index (χ3n) is 5.50. The van der Waals surface area contributed by atoms with Gasteiger partial charge in [0.1, 0.15) is 28.5 Å². The molecule has 0 atom stereocenters. The number of anilines is 1. The van der Waals surface area contributed by atoms with E-state index in [4.69, 9.17) is 4.74 Å². The summed E-state index contributed by atoms with van der Waals surface area (Å²) in [5.74, 6) is -0.771. The lowest BCUT2D eigenvalue weighted by Crippen LogP contribution is -2.29. The topological polar surface area (TPSA) is 140 Å². The summed E-state index contributed by atoms with van der Waals surface area (Å²) in [4.78, 5) is 13.7. The fourth-order valence-electron chi connectivity index (χ4n) is 3.71. The number of aromatic hydroxyl groups is 2. The van der Waals surface area contributed by atoms with Gasteiger partial charge in [0, 0.05) is 14.1 Å². The van der Waals surface area contributed by atoms with Crippen molar-refractivity contribution in [2.45, 2.75) is 38.5 Å². The summed E-state index contributed by atoms with van der Waals surface area (Å²) in [6.45, 7) is 0.428. The second-order valence-corrected chi connectivity index (χ2v) is 10.0. The lowest BCUT2D eigenvalue weighted by molar-refractivity contribution is 0.0820. The molecular formula is C24H31N3O7S. The molecule has 190 valence electrons. The van der Waals surface area contributed by atoms with Crippen molar-refractivity contribution in [1.29, 1.82) is 0 Å². The van der Waals surface area contributed by atoms with Crippen LogP contribution in [0.5, 0.6) is 17.2 Å². The highest BCUT2D eigenvalue weighted by Crippen LogP contribution is 2.33. The average molecular weight is 506 g/mol. The van der Waals surface area contributed by atoms with Crippen molar-refractivity contribution in [1.82, 2.24) is 9.62 Å². The van der Waals surface area contributed by atoms with Crippen LogP contribution < -0.4 is 13.8 Å². The highest BCUT2D eigenvalue weighted by atomic mass is 32.2. The third-order valence-corrected chi connectivity index (χ3v) is 6.79. The molecule has 1 amide bonds. The van der Waals surface area contributed by atoms with Gasteiger partial charge in [-0.1, -0.05) is 31.4 Å². The molecule has 0 saturated heterocycles. The molecule has 1 aliphatic rings. The Labute approximate surface area is 205 Å². The lowest BCUT2D eigenvalue weighted by atomic mass is 10.0. The first-order valence-corrected chi connectivity index (χ1v) is 12.8. The largest absolute Gasteiger partial charge is 0.507 e. The molecule has 0 spiro atoms. The van der Waals surface area contributed by atoms with Crippen LogP contribution in [0, 0.1) is 0 Å². The van der Waals surface area contributed by atoms with E-state index in [9.17, 15) is 28.5 Å². The van der Waals surface area contributed by atoms with Gasteiger partial charge < -0.3 is 25.0 Å². The van der Waals surface area contributed by atoms with E-state index in [0.717, 1.165) is 48.2 Å². The molecule has 0 unspecified atom stereocenters. The van der Waals surface area contributed by atoms with E-state index in [1.54, 1.807) is 38.4 Å². The summed E-state index contributed by atoms with van der Waals surface area (Å²) in [6, 6.07) is 9.55. The number of carbonyl (C=O) groups excluding carboxylic acids is 1. The van der Waals surface area contributed by atoms with Gasteiger partial charge in [-0.25, -0.2) is 9.03 Å². The fraction of sp³-hybridized carbons (Fsp3) is 0.375. The summed E-state index contributed by atoms with van der Waals surface area (Å²) in [6.07, 6.45) is 6.25. The molecule has 11 heteroatoms. The predicted octanol–water partition coefficient (Wildman–Crippen LogP) is 3.38. The van der Waals surface area contributed by atoms with Crippen LogP contribution in [0.4, 0.5) is 5.69 Å². The number of hydrogen-bond donors (Lipinski definition) is 4. The van der Waals surface area contributed by atoms with E-state index in [-0.39, 0.29) is 28.7 Å². The Kier molecular flexibility index (Phi) is 8.34. The smallest absolute Gasteiger partial charge is 0.330 e. The Hall–Kier alpha value is -3.60. The lowest BCUT2D eigenvalue weighted by Gasteiger charge is -2.16. The number of nitrogens with zero attached hydrogens (tertiary/aromatic N) is 2. The number of benzene rings is 2. The number of phenolic OH excluding ortho intramolecular Hbond substituents is 2. The van der Waals surface area contributed by atoms with Crippen LogP contribution in [0.25, 0.3) is 0 Å². The molecule has 0 saturated carbocycles. The predicted molar refractivity (Wildman–Crippen MR) is 132 cm³/mol. The van der Waals surface area contributed by atoms with Crippen LogP contribution in [0.15, 0.2) is 48.5 Å². The molecule has 0 radical (unpaired) electrons. The Morgan fingerprint density at radius 1 is 1.00 bits per heavy atom. The Morgan fingerprint density at radius 2 is 1.71 bits per heavy atom. The first-order chi connectivity index (χ1) is 16.6. The highest BCUT2D eigenvalue weighted by Gasteiger charge is 2.30. The van der Waals surface area contributed by atoms with E-state index in [0.29, 0.717) is 18.8 Å². The van der Waals surface area contributed by atoms with Gasteiger partial charge in [-0.2, -0.15) is 8.42 Å². The molecule has 10 nitrogen and oxygen atoms in total. The molecule has 1 heterocycles. The molecule has 2 aromatic rings. The number of aryl methyl sites for hydroxylation is 1. The van der Waals surface area contributed by atoms with Crippen LogP contribution in [-0.2, 0) is 16.6 Å². The minimum Gasteiger partial charge on any atom is -0.507 e. The van der Waals surface area contributed by atoms with Crippen molar-refractivity contribution in [3.8, 4) is 17.2 Å². The van der Waals surface area contributed by atoms with Crippen molar-refractivity contribution in [2.24, 2.45) is 0 Å². The number of ether oxygens (including phenoxy) is 1. The number of carbonyl (C=O) groups is 1. The third kappa shape index (κ3) is 6.50.